The summed E-state index contributed by atoms with van der Waals surface area (Å²) in [6.07, 6.45) is 1.12. The largest absolute Gasteiger partial charge is 0.465 e. The summed E-state index contributed by atoms with van der Waals surface area (Å²) < 4.78 is 4.81. The third-order valence-electron chi connectivity index (χ3n) is 5.89. The van der Waals surface area contributed by atoms with Crippen LogP contribution in [0.5, 0.6) is 0 Å². The van der Waals surface area contributed by atoms with E-state index in [1.54, 1.807) is 18.2 Å². The number of rotatable bonds is 8. The van der Waals surface area contributed by atoms with E-state index in [1.807, 2.05) is 42.5 Å². The van der Waals surface area contributed by atoms with Crippen LogP contribution in [0.1, 0.15) is 46.3 Å². The van der Waals surface area contributed by atoms with Crippen LogP contribution in [0.25, 0.3) is 0 Å². The number of hydrogen-bond donors (Lipinski definition) is 1. The van der Waals surface area contributed by atoms with E-state index in [-0.39, 0.29) is 5.91 Å². The van der Waals surface area contributed by atoms with Gasteiger partial charge in [-0.3, -0.25) is 9.79 Å². The van der Waals surface area contributed by atoms with E-state index in [1.165, 1.54) is 12.7 Å². The van der Waals surface area contributed by atoms with Gasteiger partial charge in [-0.2, -0.15) is 0 Å². The summed E-state index contributed by atoms with van der Waals surface area (Å²) in [6.45, 7) is 4.10. The van der Waals surface area contributed by atoms with Gasteiger partial charge in [0.1, 0.15) is 5.92 Å². The molecule has 1 aliphatic rings. The van der Waals surface area contributed by atoms with Crippen LogP contribution in [0.15, 0.2) is 77.8 Å². The molecule has 1 aliphatic heterocycles. The van der Waals surface area contributed by atoms with Gasteiger partial charge in [-0.05, 0) is 61.0 Å². The van der Waals surface area contributed by atoms with Crippen molar-refractivity contribution < 1.29 is 14.3 Å². The Balaban J connectivity index is 1.71. The highest BCUT2D eigenvalue weighted by Gasteiger charge is 2.35. The van der Waals surface area contributed by atoms with Crippen molar-refractivity contribution in [3.05, 3.63) is 95.1 Å². The number of hydrogen-bond acceptors (Lipinski definition) is 5. The molecule has 4 rings (SSSR count). The van der Waals surface area contributed by atoms with Crippen LogP contribution in [0.2, 0.25) is 0 Å². The highest BCUT2D eigenvalue weighted by molar-refractivity contribution is 6.24. The second-order valence-corrected chi connectivity index (χ2v) is 8.48. The predicted octanol–water partition coefficient (Wildman–Crippen LogP) is 5.17. The molecule has 174 valence electrons. The van der Waals surface area contributed by atoms with Gasteiger partial charge in [0.05, 0.1) is 24.1 Å². The molecule has 34 heavy (non-hydrogen) atoms. The number of nitrogens with one attached hydrogen (secondary N) is 1. The van der Waals surface area contributed by atoms with E-state index >= 15 is 0 Å². The molecule has 0 bridgehead atoms. The molecule has 0 aliphatic carbocycles. The topological polar surface area (TPSA) is 71.0 Å². The molecular weight excluding hydrogens is 426 g/mol. The molecule has 1 N–H and O–H groups in total. The van der Waals surface area contributed by atoms with Crippen molar-refractivity contribution >= 4 is 29.0 Å². The van der Waals surface area contributed by atoms with E-state index in [0.717, 1.165) is 36.3 Å². The lowest BCUT2D eigenvalue weighted by atomic mass is 9.90. The molecule has 0 radical (unpaired) electrons. The molecule has 0 aromatic heterocycles. The molecule has 0 saturated heterocycles. The number of ether oxygens (including phenoxy) is 1. The van der Waals surface area contributed by atoms with Gasteiger partial charge in [0, 0.05) is 12.2 Å². The first-order valence-electron chi connectivity index (χ1n) is 11.4. The molecule has 1 amide bonds. The number of fused-ring (bicyclic) bond motifs is 1. The molecule has 3 aromatic carbocycles. The van der Waals surface area contributed by atoms with Crippen LogP contribution in [0.3, 0.4) is 0 Å². The molecule has 0 spiro atoms. The van der Waals surface area contributed by atoms with Crippen molar-refractivity contribution in [3.8, 4) is 0 Å². The van der Waals surface area contributed by atoms with Crippen LogP contribution < -0.4 is 5.32 Å². The van der Waals surface area contributed by atoms with Gasteiger partial charge in [0.15, 0.2) is 0 Å². The molecule has 6 nitrogen and oxygen atoms in total. The predicted molar refractivity (Wildman–Crippen MR) is 135 cm³/mol. The Kier molecular flexibility index (Phi) is 7.18. The van der Waals surface area contributed by atoms with Gasteiger partial charge in [-0.15, -0.1) is 0 Å². The summed E-state index contributed by atoms with van der Waals surface area (Å²) in [5, 5.41) is 2.91. The lowest BCUT2D eigenvalue weighted by molar-refractivity contribution is -0.115. The van der Waals surface area contributed by atoms with Crippen molar-refractivity contribution in [2.75, 3.05) is 26.0 Å². The fourth-order valence-corrected chi connectivity index (χ4v) is 4.27. The average Bonchev–Trinajstić information content (AvgIpc) is 3.18. The van der Waals surface area contributed by atoms with Crippen LogP contribution in [0.4, 0.5) is 11.4 Å². The second-order valence-electron chi connectivity index (χ2n) is 8.48. The van der Waals surface area contributed by atoms with Gasteiger partial charge in [0.2, 0.25) is 5.91 Å². The van der Waals surface area contributed by atoms with Crippen LogP contribution in [-0.2, 0) is 16.1 Å². The number of methoxy groups -OCH3 is 1. The minimum atomic E-state index is -0.584. The number of nitrogens with zero attached hydrogens (tertiary/aromatic N) is 2. The first-order valence-corrected chi connectivity index (χ1v) is 11.4. The normalized spacial score (nSPS) is 15.2. The number of anilines is 1. The molecule has 6 heteroatoms. The number of amides is 1. The van der Waals surface area contributed by atoms with Crippen LogP contribution in [0, 0.1) is 0 Å². The molecule has 3 aromatic rings. The first kappa shape index (κ1) is 23.4. The van der Waals surface area contributed by atoms with Crippen LogP contribution >= 0.6 is 0 Å². The van der Waals surface area contributed by atoms with Gasteiger partial charge in [-0.1, -0.05) is 55.5 Å². The maximum Gasteiger partial charge on any atom is 0.337 e. The number of aliphatic imine (C=N–C) groups is 1. The lowest BCUT2D eigenvalue weighted by Crippen LogP contribution is -2.22. The first-order chi connectivity index (χ1) is 16.5. The Morgan fingerprint density at radius 1 is 1.03 bits per heavy atom. The quantitative estimate of drug-likeness (QED) is 0.376. The Hall–Kier alpha value is -3.77. The maximum atomic E-state index is 13.1. The number of esters is 1. The van der Waals surface area contributed by atoms with Crippen molar-refractivity contribution in [3.63, 3.8) is 0 Å². The molecule has 1 heterocycles. The standard InChI is InChI=1S/C28H29N3O3/c1-4-16-31(2)18-19-10-13-22(14-11-19)29-26(20-8-6-5-7-9-20)25-23-15-12-21(28(33)34-3)17-24(23)30-27(25)32/h5-15,17,25H,4,16,18H2,1-3H3,(H,30,32). The zero-order valence-corrected chi connectivity index (χ0v) is 19.7. The van der Waals surface area contributed by atoms with E-state index < -0.39 is 11.9 Å². The summed E-state index contributed by atoms with van der Waals surface area (Å²) in [7, 11) is 3.45. The molecule has 0 saturated carbocycles. The Morgan fingerprint density at radius 3 is 2.44 bits per heavy atom. The fourth-order valence-electron chi connectivity index (χ4n) is 4.27. The Labute approximate surface area is 200 Å². The minimum absolute atomic E-state index is 0.169. The van der Waals surface area contributed by atoms with Gasteiger partial charge >= 0.3 is 5.97 Å². The monoisotopic (exact) mass is 455 g/mol. The van der Waals surface area contributed by atoms with Gasteiger partial charge in [0.25, 0.3) is 0 Å². The highest BCUT2D eigenvalue weighted by atomic mass is 16.5. The van der Waals surface area contributed by atoms with E-state index in [0.29, 0.717) is 17.0 Å². The molecule has 1 unspecified atom stereocenters. The van der Waals surface area contributed by atoms with Crippen molar-refractivity contribution in [1.82, 2.24) is 4.90 Å². The summed E-state index contributed by atoms with van der Waals surface area (Å²) >= 11 is 0. The van der Waals surface area contributed by atoms with E-state index in [4.69, 9.17) is 9.73 Å². The number of carbonyl (C=O) groups excluding carboxylic acids is 2. The molecule has 1 atom stereocenters. The lowest BCUT2D eigenvalue weighted by Gasteiger charge is -2.16. The van der Waals surface area contributed by atoms with Gasteiger partial charge < -0.3 is 15.0 Å². The van der Waals surface area contributed by atoms with Gasteiger partial charge in [-0.25, -0.2) is 4.79 Å². The smallest absolute Gasteiger partial charge is 0.337 e. The third kappa shape index (κ3) is 5.07. The number of benzene rings is 3. The van der Waals surface area contributed by atoms with Crippen molar-refractivity contribution in [2.24, 2.45) is 4.99 Å². The fraction of sp³-hybridized carbons (Fsp3) is 0.250. The van der Waals surface area contributed by atoms with E-state index in [9.17, 15) is 9.59 Å². The summed E-state index contributed by atoms with van der Waals surface area (Å²) in [5.74, 6) is -1.20. The van der Waals surface area contributed by atoms with Crippen LogP contribution in [-0.4, -0.2) is 43.2 Å². The summed E-state index contributed by atoms with van der Waals surface area (Å²) in [6, 6.07) is 23.0. The van der Waals surface area contributed by atoms with Crippen molar-refractivity contribution in [2.45, 2.75) is 25.8 Å². The average molecular weight is 456 g/mol. The van der Waals surface area contributed by atoms with E-state index in [2.05, 4.69) is 36.3 Å². The summed E-state index contributed by atoms with van der Waals surface area (Å²) in [4.78, 5) is 32.3. The second kappa shape index (κ2) is 10.4. The number of carbonyl (C=O) groups is 2. The SMILES string of the molecule is CCCN(C)Cc1ccc(N=C(c2ccccc2)C2C(=O)Nc3cc(C(=O)OC)ccc32)cc1. The van der Waals surface area contributed by atoms with Crippen molar-refractivity contribution in [1.29, 1.82) is 0 Å². The summed E-state index contributed by atoms with van der Waals surface area (Å²) in [5.41, 5.74) is 5.33. The Morgan fingerprint density at radius 2 is 1.76 bits per heavy atom. The Bertz CT molecular complexity index is 1200. The maximum absolute atomic E-state index is 13.1. The molecular formula is C28H29N3O3. The zero-order chi connectivity index (χ0) is 24.1. The molecule has 0 fully saturated rings. The highest BCUT2D eigenvalue weighted by Crippen LogP contribution is 2.37. The zero-order valence-electron chi connectivity index (χ0n) is 19.7. The third-order valence-corrected chi connectivity index (χ3v) is 5.89. The minimum Gasteiger partial charge on any atom is -0.465 e.